The summed E-state index contributed by atoms with van der Waals surface area (Å²) in [6.07, 6.45) is 0. The summed E-state index contributed by atoms with van der Waals surface area (Å²) in [5, 5.41) is 10.9. The Balaban J connectivity index is 2.41. The molecule has 0 fully saturated rings. The van der Waals surface area contributed by atoms with Crippen molar-refractivity contribution in [3.05, 3.63) is 62.1 Å². The first-order chi connectivity index (χ1) is 10.2. The highest BCUT2D eigenvalue weighted by molar-refractivity contribution is 7.92. The minimum Gasteiger partial charge on any atom is -0.278 e. The van der Waals surface area contributed by atoms with E-state index in [4.69, 9.17) is 23.2 Å². The van der Waals surface area contributed by atoms with E-state index in [2.05, 4.69) is 4.72 Å². The number of nitro benzene ring substituents is 1. The smallest absolute Gasteiger partial charge is 0.271 e. The predicted molar refractivity (Wildman–Crippen MR) is 85.1 cm³/mol. The molecule has 0 spiro atoms. The van der Waals surface area contributed by atoms with Crippen LogP contribution in [-0.4, -0.2) is 13.3 Å². The van der Waals surface area contributed by atoms with E-state index in [9.17, 15) is 18.5 Å². The van der Waals surface area contributed by atoms with Crippen molar-refractivity contribution >= 4 is 44.6 Å². The van der Waals surface area contributed by atoms with Crippen LogP contribution in [0.15, 0.2) is 41.3 Å². The zero-order chi connectivity index (χ0) is 16.5. The Hall–Kier alpha value is -1.83. The number of halogens is 2. The topological polar surface area (TPSA) is 89.3 Å². The number of benzene rings is 2. The number of nitro groups is 1. The minimum absolute atomic E-state index is 0.00872. The SMILES string of the molecule is Cc1ccc(Cl)cc1S(=O)(=O)Nc1ccc([N+](=O)[O-])cc1Cl. The molecule has 0 aliphatic heterocycles. The first-order valence-corrected chi connectivity index (χ1v) is 8.17. The van der Waals surface area contributed by atoms with Crippen molar-refractivity contribution in [3.63, 3.8) is 0 Å². The van der Waals surface area contributed by atoms with Crippen molar-refractivity contribution in [2.75, 3.05) is 4.72 Å². The van der Waals surface area contributed by atoms with Crippen LogP contribution in [0.4, 0.5) is 11.4 Å². The summed E-state index contributed by atoms with van der Waals surface area (Å²) in [6.45, 7) is 1.63. The van der Waals surface area contributed by atoms with Crippen LogP contribution in [0.25, 0.3) is 0 Å². The van der Waals surface area contributed by atoms with Gasteiger partial charge in [-0.2, -0.15) is 0 Å². The van der Waals surface area contributed by atoms with E-state index in [1.165, 1.54) is 12.1 Å². The molecule has 9 heteroatoms. The van der Waals surface area contributed by atoms with E-state index in [0.717, 1.165) is 12.1 Å². The lowest BCUT2D eigenvalue weighted by atomic mass is 10.2. The van der Waals surface area contributed by atoms with Crippen LogP contribution in [0.2, 0.25) is 10.0 Å². The van der Waals surface area contributed by atoms with Gasteiger partial charge in [-0.25, -0.2) is 8.42 Å². The van der Waals surface area contributed by atoms with Crippen LogP contribution < -0.4 is 4.72 Å². The van der Waals surface area contributed by atoms with Crippen molar-refractivity contribution in [1.82, 2.24) is 0 Å². The van der Waals surface area contributed by atoms with Gasteiger partial charge in [-0.1, -0.05) is 29.3 Å². The third-order valence-corrected chi connectivity index (χ3v) is 4.90. The van der Waals surface area contributed by atoms with E-state index in [1.807, 2.05) is 0 Å². The molecule has 0 aliphatic carbocycles. The Morgan fingerprint density at radius 2 is 1.82 bits per heavy atom. The van der Waals surface area contributed by atoms with Crippen molar-refractivity contribution in [2.45, 2.75) is 11.8 Å². The van der Waals surface area contributed by atoms with Crippen molar-refractivity contribution in [2.24, 2.45) is 0 Å². The van der Waals surface area contributed by atoms with E-state index in [-0.39, 0.29) is 26.3 Å². The Bertz CT molecular complexity index is 853. The van der Waals surface area contributed by atoms with Gasteiger partial charge < -0.3 is 0 Å². The standard InChI is InChI=1S/C13H10Cl2N2O4S/c1-8-2-3-9(14)6-13(8)22(20,21)16-12-5-4-10(17(18)19)7-11(12)15/h2-7,16H,1H3. The zero-order valence-electron chi connectivity index (χ0n) is 11.2. The van der Waals surface area contributed by atoms with E-state index < -0.39 is 14.9 Å². The fourth-order valence-electron chi connectivity index (χ4n) is 1.76. The van der Waals surface area contributed by atoms with Gasteiger partial charge in [0.1, 0.15) is 0 Å². The second-order valence-electron chi connectivity index (χ2n) is 4.44. The summed E-state index contributed by atoms with van der Waals surface area (Å²) in [5.41, 5.74) is 0.327. The molecule has 0 atom stereocenters. The molecule has 1 N–H and O–H groups in total. The Morgan fingerprint density at radius 3 is 2.41 bits per heavy atom. The third kappa shape index (κ3) is 3.49. The zero-order valence-corrected chi connectivity index (χ0v) is 13.5. The second-order valence-corrected chi connectivity index (χ2v) is 6.93. The molecule has 0 radical (unpaired) electrons. The molecule has 2 aromatic rings. The Kier molecular flexibility index (Phi) is 4.60. The molecule has 0 aromatic heterocycles. The number of aryl methyl sites for hydroxylation is 1. The minimum atomic E-state index is -3.91. The molecule has 6 nitrogen and oxygen atoms in total. The maximum Gasteiger partial charge on any atom is 0.271 e. The van der Waals surface area contributed by atoms with E-state index in [1.54, 1.807) is 19.1 Å². The molecule has 0 saturated heterocycles. The number of hydrogen-bond donors (Lipinski definition) is 1. The highest BCUT2D eigenvalue weighted by Gasteiger charge is 2.19. The number of nitrogens with one attached hydrogen (secondary N) is 1. The van der Waals surface area contributed by atoms with Gasteiger partial charge in [0.15, 0.2) is 0 Å². The second kappa shape index (κ2) is 6.12. The lowest BCUT2D eigenvalue weighted by Gasteiger charge is -2.11. The van der Waals surface area contributed by atoms with Gasteiger partial charge in [0.25, 0.3) is 15.7 Å². The van der Waals surface area contributed by atoms with Crippen molar-refractivity contribution in [1.29, 1.82) is 0 Å². The normalized spacial score (nSPS) is 11.2. The molecule has 0 heterocycles. The van der Waals surface area contributed by atoms with Crippen molar-refractivity contribution in [3.8, 4) is 0 Å². The quantitative estimate of drug-likeness (QED) is 0.658. The summed E-state index contributed by atoms with van der Waals surface area (Å²) in [7, 11) is -3.91. The summed E-state index contributed by atoms with van der Waals surface area (Å²) < 4.78 is 27.1. The van der Waals surface area contributed by atoms with Crippen LogP contribution >= 0.6 is 23.2 Å². The Morgan fingerprint density at radius 1 is 1.14 bits per heavy atom. The van der Waals surface area contributed by atoms with Crippen LogP contribution in [0, 0.1) is 17.0 Å². The summed E-state index contributed by atoms with van der Waals surface area (Å²) in [4.78, 5) is 10.0. The molecule has 0 unspecified atom stereocenters. The van der Waals surface area contributed by atoms with Gasteiger partial charge in [-0.15, -0.1) is 0 Å². The first kappa shape index (κ1) is 16.5. The average Bonchev–Trinajstić information content (AvgIpc) is 2.43. The predicted octanol–water partition coefficient (Wildman–Crippen LogP) is 4.01. The van der Waals surface area contributed by atoms with Gasteiger partial charge in [0.2, 0.25) is 0 Å². The van der Waals surface area contributed by atoms with Gasteiger partial charge in [-0.3, -0.25) is 14.8 Å². The molecular formula is C13H10Cl2N2O4S. The number of rotatable bonds is 4. The molecule has 2 rings (SSSR count). The summed E-state index contributed by atoms with van der Waals surface area (Å²) >= 11 is 11.7. The van der Waals surface area contributed by atoms with Gasteiger partial charge in [0, 0.05) is 17.2 Å². The van der Waals surface area contributed by atoms with E-state index in [0.29, 0.717) is 5.56 Å². The molecule has 0 bridgehead atoms. The average molecular weight is 361 g/mol. The van der Waals surface area contributed by atoms with Crippen molar-refractivity contribution < 1.29 is 13.3 Å². The third-order valence-electron chi connectivity index (χ3n) is 2.85. The molecule has 22 heavy (non-hydrogen) atoms. The van der Waals surface area contributed by atoms with Gasteiger partial charge >= 0.3 is 0 Å². The number of sulfonamides is 1. The highest BCUT2D eigenvalue weighted by atomic mass is 35.5. The maximum absolute atomic E-state index is 12.4. The molecule has 0 aliphatic rings. The fraction of sp³-hybridized carbons (Fsp3) is 0.0769. The maximum atomic E-state index is 12.4. The first-order valence-electron chi connectivity index (χ1n) is 5.93. The summed E-state index contributed by atoms with van der Waals surface area (Å²) in [6, 6.07) is 7.94. The molecule has 2 aromatic carbocycles. The Labute approximate surface area is 136 Å². The number of hydrogen-bond acceptors (Lipinski definition) is 4. The molecular weight excluding hydrogens is 351 g/mol. The van der Waals surface area contributed by atoms with E-state index >= 15 is 0 Å². The fourth-order valence-corrected chi connectivity index (χ4v) is 3.63. The lowest BCUT2D eigenvalue weighted by molar-refractivity contribution is -0.384. The number of nitrogens with zero attached hydrogens (tertiary/aromatic N) is 1. The van der Waals surface area contributed by atoms with Gasteiger partial charge in [-0.05, 0) is 30.7 Å². The molecule has 0 amide bonds. The monoisotopic (exact) mass is 360 g/mol. The largest absolute Gasteiger partial charge is 0.278 e. The van der Waals surface area contributed by atoms with Gasteiger partial charge in [0.05, 0.1) is 20.5 Å². The van der Waals surface area contributed by atoms with Crippen LogP contribution in [0.1, 0.15) is 5.56 Å². The van der Waals surface area contributed by atoms with Crippen LogP contribution in [-0.2, 0) is 10.0 Å². The summed E-state index contributed by atoms with van der Waals surface area (Å²) in [5.74, 6) is 0. The highest BCUT2D eigenvalue weighted by Crippen LogP contribution is 2.29. The lowest BCUT2D eigenvalue weighted by Crippen LogP contribution is -2.14. The number of non-ortho nitro benzene ring substituents is 1. The molecule has 0 saturated carbocycles. The number of anilines is 1. The van der Waals surface area contributed by atoms with Crippen LogP contribution in [0.3, 0.4) is 0 Å². The molecule has 116 valence electrons. The van der Waals surface area contributed by atoms with Crippen LogP contribution in [0.5, 0.6) is 0 Å².